The van der Waals surface area contributed by atoms with Gasteiger partial charge in [-0.05, 0) is 48.4 Å². The SMILES string of the molecule is Cc1ccnc(N2C(=O)c3oc4ccccc4c(=O)c3C23C(=O)N(Cc2ccccc2)c2ccccc23)c1. The Morgan fingerprint density at radius 3 is 2.42 bits per heavy atom. The number of aromatic nitrogens is 1. The predicted molar refractivity (Wildman–Crippen MR) is 143 cm³/mol. The quantitative estimate of drug-likeness (QED) is 0.351. The van der Waals surface area contributed by atoms with E-state index in [9.17, 15) is 14.4 Å². The van der Waals surface area contributed by atoms with E-state index in [1.54, 1.807) is 47.5 Å². The molecule has 2 aliphatic heterocycles. The Balaban J connectivity index is 1.58. The highest BCUT2D eigenvalue weighted by molar-refractivity contribution is 6.24. The maximum absolute atomic E-state index is 14.8. The number of nitrogens with zero attached hydrogens (tertiary/aromatic N) is 3. The van der Waals surface area contributed by atoms with Gasteiger partial charge in [0.25, 0.3) is 11.8 Å². The van der Waals surface area contributed by atoms with Crippen LogP contribution >= 0.6 is 0 Å². The molecular weight excluding hydrogens is 478 g/mol. The number of anilines is 2. The van der Waals surface area contributed by atoms with E-state index in [4.69, 9.17) is 4.42 Å². The first-order valence-corrected chi connectivity index (χ1v) is 12.3. The van der Waals surface area contributed by atoms with Crippen molar-refractivity contribution in [1.82, 2.24) is 4.98 Å². The lowest BCUT2D eigenvalue weighted by molar-refractivity contribution is -0.121. The van der Waals surface area contributed by atoms with Crippen molar-refractivity contribution in [3.05, 3.63) is 135 Å². The standard InChI is InChI=1S/C31H21N3O4/c1-19-15-16-32-25(17-19)34-29(36)28-26(27(35)21-11-5-8-14-24(21)38-28)31(34)22-12-6-7-13-23(22)33(30(31)37)18-20-9-3-2-4-10-20/h2-17H,18H2,1H3. The zero-order valence-electron chi connectivity index (χ0n) is 20.4. The van der Waals surface area contributed by atoms with Crippen LogP contribution in [0.4, 0.5) is 11.5 Å². The summed E-state index contributed by atoms with van der Waals surface area (Å²) < 4.78 is 6.09. The number of hydrogen-bond donors (Lipinski definition) is 0. The van der Waals surface area contributed by atoms with Gasteiger partial charge in [0, 0.05) is 11.8 Å². The van der Waals surface area contributed by atoms with Gasteiger partial charge < -0.3 is 9.32 Å². The Morgan fingerprint density at radius 2 is 1.61 bits per heavy atom. The Hall–Kier alpha value is -5.04. The Morgan fingerprint density at radius 1 is 0.868 bits per heavy atom. The molecule has 1 spiro atoms. The van der Waals surface area contributed by atoms with Crippen molar-refractivity contribution in [3.63, 3.8) is 0 Å². The molecule has 7 nitrogen and oxygen atoms in total. The Kier molecular flexibility index (Phi) is 4.66. The molecular formula is C31H21N3O4. The summed E-state index contributed by atoms with van der Waals surface area (Å²) in [4.78, 5) is 50.6. The number of carbonyl (C=O) groups excluding carboxylic acids is 2. The summed E-state index contributed by atoms with van der Waals surface area (Å²) in [7, 11) is 0. The van der Waals surface area contributed by atoms with Gasteiger partial charge in [0.15, 0.2) is 11.0 Å². The summed E-state index contributed by atoms with van der Waals surface area (Å²) in [5.41, 5.74) is 1.10. The Bertz CT molecular complexity index is 1850. The first kappa shape index (κ1) is 22.2. The van der Waals surface area contributed by atoms with Gasteiger partial charge in [0.1, 0.15) is 11.4 Å². The highest BCUT2D eigenvalue weighted by Crippen LogP contribution is 2.54. The van der Waals surface area contributed by atoms with Gasteiger partial charge in [-0.25, -0.2) is 4.98 Å². The zero-order chi connectivity index (χ0) is 26.0. The maximum Gasteiger partial charge on any atom is 0.297 e. The molecule has 2 aromatic heterocycles. The summed E-state index contributed by atoms with van der Waals surface area (Å²) in [5.74, 6) is -0.845. The summed E-state index contributed by atoms with van der Waals surface area (Å²) in [6.45, 7) is 2.16. The number of carbonyl (C=O) groups is 2. The number of fused-ring (bicyclic) bond motifs is 5. The van der Waals surface area contributed by atoms with E-state index in [1.165, 1.54) is 4.90 Å². The number of para-hydroxylation sites is 2. The lowest BCUT2D eigenvalue weighted by atomic mass is 9.84. The molecule has 0 aliphatic carbocycles. The first-order chi connectivity index (χ1) is 18.5. The van der Waals surface area contributed by atoms with Crippen molar-refractivity contribution in [2.24, 2.45) is 0 Å². The molecule has 1 unspecified atom stereocenters. The molecule has 0 fully saturated rings. The average Bonchev–Trinajstić information content (AvgIpc) is 3.34. The fraction of sp³-hybridized carbons (Fsp3) is 0.0968. The molecule has 5 aromatic rings. The Labute approximate surface area is 217 Å². The predicted octanol–water partition coefficient (Wildman–Crippen LogP) is 4.95. The number of aryl methyl sites for hydroxylation is 1. The third-order valence-corrected chi connectivity index (χ3v) is 7.35. The zero-order valence-corrected chi connectivity index (χ0v) is 20.4. The third-order valence-electron chi connectivity index (χ3n) is 7.35. The molecule has 4 heterocycles. The lowest BCUT2D eigenvalue weighted by Crippen LogP contribution is -2.54. The monoisotopic (exact) mass is 499 g/mol. The third kappa shape index (κ3) is 2.84. The molecule has 0 saturated carbocycles. The van der Waals surface area contributed by atoms with E-state index >= 15 is 0 Å². The summed E-state index contributed by atoms with van der Waals surface area (Å²) in [6.07, 6.45) is 1.59. The number of pyridine rings is 1. The average molecular weight is 500 g/mol. The summed E-state index contributed by atoms with van der Waals surface area (Å²) in [6, 6.07) is 27.3. The van der Waals surface area contributed by atoms with Crippen molar-refractivity contribution < 1.29 is 14.0 Å². The summed E-state index contributed by atoms with van der Waals surface area (Å²) in [5, 5.41) is 0.310. The number of rotatable bonds is 3. The van der Waals surface area contributed by atoms with Crippen LogP contribution in [0.3, 0.4) is 0 Å². The molecule has 0 saturated heterocycles. The second kappa shape index (κ2) is 7.98. The van der Waals surface area contributed by atoms with Crippen molar-refractivity contribution in [2.45, 2.75) is 19.0 Å². The molecule has 3 aromatic carbocycles. The first-order valence-electron chi connectivity index (χ1n) is 12.3. The number of benzene rings is 3. The van der Waals surface area contributed by atoms with Gasteiger partial charge in [-0.2, -0.15) is 0 Å². The molecule has 184 valence electrons. The van der Waals surface area contributed by atoms with Crippen molar-refractivity contribution in [3.8, 4) is 0 Å². The van der Waals surface area contributed by atoms with Gasteiger partial charge in [0.2, 0.25) is 5.76 Å². The second-order valence-corrected chi connectivity index (χ2v) is 9.57. The largest absolute Gasteiger partial charge is 0.450 e. The lowest BCUT2D eigenvalue weighted by Gasteiger charge is -2.33. The molecule has 2 amide bonds. The van der Waals surface area contributed by atoms with Crippen molar-refractivity contribution in [2.75, 3.05) is 9.80 Å². The van der Waals surface area contributed by atoms with Crippen LogP contribution < -0.4 is 15.2 Å². The topological polar surface area (TPSA) is 83.7 Å². The highest BCUT2D eigenvalue weighted by Gasteiger charge is 2.66. The van der Waals surface area contributed by atoms with Crippen LogP contribution in [0, 0.1) is 6.92 Å². The van der Waals surface area contributed by atoms with Gasteiger partial charge in [0.05, 0.1) is 23.2 Å². The van der Waals surface area contributed by atoms with Crippen LogP contribution in [0.5, 0.6) is 0 Å². The van der Waals surface area contributed by atoms with Gasteiger partial charge >= 0.3 is 0 Å². The minimum Gasteiger partial charge on any atom is -0.450 e. The molecule has 7 rings (SSSR count). The van der Waals surface area contributed by atoms with Crippen LogP contribution in [0.15, 0.2) is 106 Å². The summed E-state index contributed by atoms with van der Waals surface area (Å²) >= 11 is 0. The minimum absolute atomic E-state index is 0.0255. The van der Waals surface area contributed by atoms with E-state index in [-0.39, 0.29) is 23.7 Å². The number of amides is 2. The van der Waals surface area contributed by atoms with Crippen LogP contribution in [0.1, 0.15) is 32.8 Å². The van der Waals surface area contributed by atoms with Gasteiger partial charge in [-0.1, -0.05) is 60.7 Å². The number of hydrogen-bond acceptors (Lipinski definition) is 5. The normalized spacial score (nSPS) is 17.9. The van der Waals surface area contributed by atoms with E-state index in [1.807, 2.05) is 61.5 Å². The molecule has 38 heavy (non-hydrogen) atoms. The molecule has 0 bridgehead atoms. The molecule has 0 N–H and O–H groups in total. The van der Waals surface area contributed by atoms with Crippen LogP contribution in [-0.2, 0) is 16.9 Å². The van der Waals surface area contributed by atoms with Gasteiger partial charge in [-0.3, -0.25) is 19.3 Å². The van der Waals surface area contributed by atoms with Crippen LogP contribution in [-0.4, -0.2) is 16.8 Å². The maximum atomic E-state index is 14.8. The van der Waals surface area contributed by atoms with E-state index < -0.39 is 22.8 Å². The highest BCUT2D eigenvalue weighted by atomic mass is 16.3. The van der Waals surface area contributed by atoms with Gasteiger partial charge in [-0.15, -0.1) is 0 Å². The van der Waals surface area contributed by atoms with Crippen LogP contribution in [0.2, 0.25) is 0 Å². The van der Waals surface area contributed by atoms with Crippen molar-refractivity contribution in [1.29, 1.82) is 0 Å². The minimum atomic E-state index is -1.76. The van der Waals surface area contributed by atoms with E-state index in [0.717, 1.165) is 11.1 Å². The fourth-order valence-electron chi connectivity index (χ4n) is 5.72. The van der Waals surface area contributed by atoms with Crippen LogP contribution in [0.25, 0.3) is 11.0 Å². The molecule has 0 radical (unpaired) electrons. The molecule has 2 aliphatic rings. The van der Waals surface area contributed by atoms with E-state index in [0.29, 0.717) is 22.2 Å². The van der Waals surface area contributed by atoms with E-state index in [2.05, 4.69) is 4.98 Å². The fourth-order valence-corrected chi connectivity index (χ4v) is 5.72. The molecule has 7 heteroatoms. The second-order valence-electron chi connectivity index (χ2n) is 9.57. The molecule has 1 atom stereocenters. The van der Waals surface area contributed by atoms with Crippen molar-refractivity contribution >= 4 is 34.3 Å². The smallest absolute Gasteiger partial charge is 0.297 e.